The van der Waals surface area contributed by atoms with Crippen LogP contribution in [-0.4, -0.2) is 16.8 Å². The standard InChI is InChI=1S/C21H16N4O2/c1-14-5-9-16(10-6-14)23-20(26)18-3-2-4-19(25-18)21(27)24-17-11-7-15(13-22)8-12-17/h2-12H,1H3,(H,23,26)(H,24,27). The lowest BCUT2D eigenvalue weighted by atomic mass is 10.2. The first-order valence-electron chi connectivity index (χ1n) is 8.22. The molecule has 132 valence electrons. The van der Waals surface area contributed by atoms with E-state index in [1.165, 1.54) is 6.07 Å². The topological polar surface area (TPSA) is 94.9 Å². The van der Waals surface area contributed by atoms with Crippen molar-refractivity contribution in [2.24, 2.45) is 0 Å². The predicted molar refractivity (Wildman–Crippen MR) is 102 cm³/mol. The molecule has 1 heterocycles. The molecule has 0 saturated heterocycles. The average Bonchev–Trinajstić information content (AvgIpc) is 2.70. The van der Waals surface area contributed by atoms with Crippen molar-refractivity contribution < 1.29 is 9.59 Å². The second-order valence-electron chi connectivity index (χ2n) is 5.87. The Kier molecular flexibility index (Phi) is 5.24. The number of nitrogens with one attached hydrogen (secondary N) is 2. The van der Waals surface area contributed by atoms with Gasteiger partial charge in [0, 0.05) is 11.4 Å². The predicted octanol–water partition coefficient (Wildman–Crippen LogP) is 3.77. The SMILES string of the molecule is Cc1ccc(NC(=O)c2cccc(C(=O)Nc3ccc(C#N)cc3)n2)cc1. The first-order valence-corrected chi connectivity index (χ1v) is 8.22. The van der Waals surface area contributed by atoms with Gasteiger partial charge in [0.2, 0.25) is 0 Å². The van der Waals surface area contributed by atoms with E-state index in [0.29, 0.717) is 16.9 Å². The van der Waals surface area contributed by atoms with Crippen molar-refractivity contribution in [3.05, 3.63) is 89.2 Å². The summed E-state index contributed by atoms with van der Waals surface area (Å²) in [4.78, 5) is 28.9. The molecule has 0 unspecified atom stereocenters. The zero-order chi connectivity index (χ0) is 19.2. The molecule has 0 aliphatic carbocycles. The van der Waals surface area contributed by atoms with Gasteiger partial charge < -0.3 is 10.6 Å². The molecule has 2 aromatic carbocycles. The fourth-order valence-corrected chi connectivity index (χ4v) is 2.34. The highest BCUT2D eigenvalue weighted by atomic mass is 16.2. The maximum atomic E-state index is 12.4. The summed E-state index contributed by atoms with van der Waals surface area (Å²) in [6, 6.07) is 20.5. The van der Waals surface area contributed by atoms with Crippen molar-refractivity contribution in [1.29, 1.82) is 5.26 Å². The van der Waals surface area contributed by atoms with Gasteiger partial charge in [-0.1, -0.05) is 23.8 Å². The molecule has 3 aromatic rings. The molecule has 3 rings (SSSR count). The molecule has 27 heavy (non-hydrogen) atoms. The van der Waals surface area contributed by atoms with E-state index in [0.717, 1.165) is 5.56 Å². The van der Waals surface area contributed by atoms with E-state index >= 15 is 0 Å². The maximum Gasteiger partial charge on any atom is 0.274 e. The zero-order valence-corrected chi connectivity index (χ0v) is 14.6. The molecule has 0 saturated carbocycles. The van der Waals surface area contributed by atoms with E-state index < -0.39 is 11.8 Å². The molecule has 2 amide bonds. The van der Waals surface area contributed by atoms with Crippen molar-refractivity contribution in [2.45, 2.75) is 6.92 Å². The van der Waals surface area contributed by atoms with E-state index in [-0.39, 0.29) is 11.4 Å². The third-order valence-corrected chi connectivity index (χ3v) is 3.80. The number of hydrogen-bond acceptors (Lipinski definition) is 4. The number of carbonyl (C=O) groups excluding carboxylic acids is 2. The van der Waals surface area contributed by atoms with Crippen LogP contribution in [0.5, 0.6) is 0 Å². The van der Waals surface area contributed by atoms with Gasteiger partial charge in [-0.2, -0.15) is 5.26 Å². The Labute approximate surface area is 156 Å². The number of nitrogens with zero attached hydrogens (tertiary/aromatic N) is 2. The lowest BCUT2D eigenvalue weighted by Gasteiger charge is -2.08. The van der Waals surface area contributed by atoms with E-state index in [1.807, 2.05) is 25.1 Å². The van der Waals surface area contributed by atoms with Crippen LogP contribution in [0.2, 0.25) is 0 Å². The summed E-state index contributed by atoms with van der Waals surface area (Å²) in [6.45, 7) is 1.96. The summed E-state index contributed by atoms with van der Waals surface area (Å²) in [5.74, 6) is -0.837. The van der Waals surface area contributed by atoms with E-state index in [4.69, 9.17) is 5.26 Å². The highest BCUT2D eigenvalue weighted by Gasteiger charge is 2.13. The third-order valence-electron chi connectivity index (χ3n) is 3.80. The molecule has 6 heteroatoms. The number of aryl methyl sites for hydroxylation is 1. The normalized spacial score (nSPS) is 9.93. The lowest BCUT2D eigenvalue weighted by molar-refractivity contribution is 0.101. The zero-order valence-electron chi connectivity index (χ0n) is 14.6. The molecule has 0 atom stereocenters. The Hall–Kier alpha value is -3.98. The second-order valence-corrected chi connectivity index (χ2v) is 5.87. The van der Waals surface area contributed by atoms with Crippen LogP contribution < -0.4 is 10.6 Å². The minimum Gasteiger partial charge on any atom is -0.321 e. The van der Waals surface area contributed by atoms with Crippen molar-refractivity contribution in [1.82, 2.24) is 4.98 Å². The van der Waals surface area contributed by atoms with Crippen LogP contribution in [0.25, 0.3) is 0 Å². The van der Waals surface area contributed by atoms with Crippen molar-refractivity contribution in [3.63, 3.8) is 0 Å². The number of anilines is 2. The van der Waals surface area contributed by atoms with Crippen LogP contribution in [0, 0.1) is 18.3 Å². The van der Waals surface area contributed by atoms with Gasteiger partial charge in [0.05, 0.1) is 11.6 Å². The van der Waals surface area contributed by atoms with Gasteiger partial charge in [-0.05, 0) is 55.5 Å². The number of benzene rings is 2. The van der Waals surface area contributed by atoms with Crippen LogP contribution in [0.15, 0.2) is 66.7 Å². The molecule has 6 nitrogen and oxygen atoms in total. The molecule has 2 N–H and O–H groups in total. The summed E-state index contributed by atoms with van der Waals surface area (Å²) < 4.78 is 0. The van der Waals surface area contributed by atoms with Crippen LogP contribution in [0.1, 0.15) is 32.1 Å². The minimum atomic E-state index is -0.440. The Bertz CT molecular complexity index is 1020. The van der Waals surface area contributed by atoms with Gasteiger partial charge >= 0.3 is 0 Å². The largest absolute Gasteiger partial charge is 0.321 e. The number of nitriles is 1. The van der Waals surface area contributed by atoms with Crippen molar-refractivity contribution in [3.8, 4) is 6.07 Å². The highest BCUT2D eigenvalue weighted by molar-refractivity contribution is 6.06. The fourth-order valence-electron chi connectivity index (χ4n) is 2.34. The highest BCUT2D eigenvalue weighted by Crippen LogP contribution is 2.12. The van der Waals surface area contributed by atoms with Gasteiger partial charge in [-0.15, -0.1) is 0 Å². The molecule has 0 aliphatic heterocycles. The third kappa shape index (κ3) is 4.55. The number of amides is 2. The van der Waals surface area contributed by atoms with E-state index in [1.54, 1.807) is 48.5 Å². The van der Waals surface area contributed by atoms with Gasteiger partial charge in [-0.3, -0.25) is 9.59 Å². The van der Waals surface area contributed by atoms with Gasteiger partial charge in [0.15, 0.2) is 0 Å². The monoisotopic (exact) mass is 356 g/mol. The molecule has 0 bridgehead atoms. The smallest absolute Gasteiger partial charge is 0.274 e. The molecule has 0 fully saturated rings. The number of pyridine rings is 1. The molecule has 0 spiro atoms. The Morgan fingerprint density at radius 2 is 1.30 bits per heavy atom. The molecular weight excluding hydrogens is 340 g/mol. The number of aromatic nitrogens is 1. The van der Waals surface area contributed by atoms with Gasteiger partial charge in [-0.25, -0.2) is 4.98 Å². The summed E-state index contributed by atoms with van der Waals surface area (Å²) in [6.07, 6.45) is 0. The van der Waals surface area contributed by atoms with E-state index in [9.17, 15) is 9.59 Å². The summed E-state index contributed by atoms with van der Waals surface area (Å²) in [5, 5.41) is 14.2. The Balaban J connectivity index is 1.71. The Morgan fingerprint density at radius 1 is 0.815 bits per heavy atom. The molecule has 0 aliphatic rings. The molecule has 1 aromatic heterocycles. The first kappa shape index (κ1) is 17.8. The van der Waals surface area contributed by atoms with Gasteiger partial charge in [0.25, 0.3) is 11.8 Å². The van der Waals surface area contributed by atoms with Crippen LogP contribution in [-0.2, 0) is 0 Å². The summed E-state index contributed by atoms with van der Waals surface area (Å²) >= 11 is 0. The minimum absolute atomic E-state index is 0.121. The quantitative estimate of drug-likeness (QED) is 0.744. The van der Waals surface area contributed by atoms with Crippen molar-refractivity contribution >= 4 is 23.2 Å². The second kappa shape index (κ2) is 7.93. The van der Waals surface area contributed by atoms with Crippen LogP contribution in [0.4, 0.5) is 11.4 Å². The number of carbonyl (C=O) groups is 2. The molecule has 0 radical (unpaired) electrons. The average molecular weight is 356 g/mol. The lowest BCUT2D eigenvalue weighted by Crippen LogP contribution is -2.18. The maximum absolute atomic E-state index is 12.4. The fraction of sp³-hybridized carbons (Fsp3) is 0.0476. The number of hydrogen-bond donors (Lipinski definition) is 2. The summed E-state index contributed by atoms with van der Waals surface area (Å²) in [5.41, 5.74) is 3.04. The van der Waals surface area contributed by atoms with Gasteiger partial charge in [0.1, 0.15) is 11.4 Å². The van der Waals surface area contributed by atoms with E-state index in [2.05, 4.69) is 15.6 Å². The molecular formula is C21H16N4O2. The van der Waals surface area contributed by atoms with Crippen LogP contribution in [0.3, 0.4) is 0 Å². The van der Waals surface area contributed by atoms with Crippen LogP contribution >= 0.6 is 0 Å². The Morgan fingerprint density at radius 3 is 1.78 bits per heavy atom. The first-order chi connectivity index (χ1) is 13.0. The number of rotatable bonds is 4. The van der Waals surface area contributed by atoms with Crippen molar-refractivity contribution in [2.75, 3.05) is 10.6 Å². The summed E-state index contributed by atoms with van der Waals surface area (Å²) in [7, 11) is 0.